The van der Waals surface area contributed by atoms with Crippen molar-refractivity contribution in [1.82, 2.24) is 9.97 Å². The summed E-state index contributed by atoms with van der Waals surface area (Å²) in [6, 6.07) is 6.54. The van der Waals surface area contributed by atoms with Crippen molar-refractivity contribution in [3.63, 3.8) is 0 Å². The molecule has 0 aliphatic heterocycles. The van der Waals surface area contributed by atoms with Crippen LogP contribution in [0.4, 0.5) is 0 Å². The molecule has 0 radical (unpaired) electrons. The number of ether oxygens (including phenoxy) is 1. The number of phenols is 1. The Labute approximate surface area is 98.1 Å². The Kier molecular flexibility index (Phi) is 3.09. The second-order valence-corrected chi connectivity index (χ2v) is 3.41. The van der Waals surface area contributed by atoms with E-state index in [1.54, 1.807) is 31.2 Å². The van der Waals surface area contributed by atoms with E-state index in [0.717, 1.165) is 5.56 Å². The average molecular weight is 232 g/mol. The van der Waals surface area contributed by atoms with E-state index in [9.17, 15) is 4.79 Å². The van der Waals surface area contributed by atoms with Crippen molar-refractivity contribution >= 4 is 5.97 Å². The number of esters is 1. The number of benzene rings is 1. The lowest BCUT2D eigenvalue weighted by Crippen LogP contribution is -2.04. The number of aromatic hydroxyl groups is 1. The number of phenolic OH excluding ortho intramolecular Hbond substituents is 1. The van der Waals surface area contributed by atoms with Crippen LogP contribution >= 0.6 is 0 Å². The fraction of sp³-hybridized carbons (Fsp3) is 0.167. The molecular formula is C12H12N2O3. The quantitative estimate of drug-likeness (QED) is 0.793. The molecule has 0 bridgehead atoms. The molecule has 1 heterocycles. The summed E-state index contributed by atoms with van der Waals surface area (Å²) in [5.41, 5.74) is 1.10. The number of carbonyl (C=O) groups excluding carboxylic acids is 1. The third kappa shape index (κ3) is 2.44. The molecule has 0 saturated heterocycles. The lowest BCUT2D eigenvalue weighted by Gasteiger charge is -1.98. The molecule has 88 valence electrons. The molecule has 2 N–H and O–H groups in total. The van der Waals surface area contributed by atoms with E-state index in [1.807, 2.05) is 0 Å². The summed E-state index contributed by atoms with van der Waals surface area (Å²) in [7, 11) is 0. The normalized spacial score (nSPS) is 10.2. The van der Waals surface area contributed by atoms with E-state index in [2.05, 4.69) is 9.97 Å². The number of H-pyrrole nitrogens is 1. The van der Waals surface area contributed by atoms with Gasteiger partial charge >= 0.3 is 5.97 Å². The van der Waals surface area contributed by atoms with Gasteiger partial charge in [-0.15, -0.1) is 0 Å². The average Bonchev–Trinajstić information content (AvgIpc) is 2.80. The number of carbonyl (C=O) groups is 1. The van der Waals surface area contributed by atoms with E-state index in [4.69, 9.17) is 9.84 Å². The van der Waals surface area contributed by atoms with Crippen LogP contribution in [0, 0.1) is 0 Å². The molecule has 2 aromatic rings. The Morgan fingerprint density at radius 3 is 2.76 bits per heavy atom. The number of nitrogens with zero attached hydrogens (tertiary/aromatic N) is 1. The van der Waals surface area contributed by atoms with Crippen molar-refractivity contribution in [2.45, 2.75) is 6.92 Å². The van der Waals surface area contributed by atoms with Gasteiger partial charge in [0.15, 0.2) is 0 Å². The molecule has 0 aliphatic carbocycles. The zero-order valence-corrected chi connectivity index (χ0v) is 9.30. The minimum absolute atomic E-state index is 0.186. The molecule has 17 heavy (non-hydrogen) atoms. The van der Waals surface area contributed by atoms with Gasteiger partial charge in [0.05, 0.1) is 12.8 Å². The molecule has 1 aromatic carbocycles. The summed E-state index contributed by atoms with van der Waals surface area (Å²) in [6.07, 6.45) is 1.43. The topological polar surface area (TPSA) is 75.2 Å². The van der Waals surface area contributed by atoms with E-state index >= 15 is 0 Å². The van der Waals surface area contributed by atoms with E-state index < -0.39 is 5.97 Å². The lowest BCUT2D eigenvalue weighted by atomic mass is 10.2. The van der Waals surface area contributed by atoms with Crippen LogP contribution in [0.5, 0.6) is 5.75 Å². The Morgan fingerprint density at radius 2 is 2.12 bits per heavy atom. The number of rotatable bonds is 3. The molecule has 0 spiro atoms. The molecular weight excluding hydrogens is 220 g/mol. The Bertz CT molecular complexity index is 517. The summed E-state index contributed by atoms with van der Waals surface area (Å²) in [6.45, 7) is 2.07. The van der Waals surface area contributed by atoms with Gasteiger partial charge < -0.3 is 14.8 Å². The first-order valence-electron chi connectivity index (χ1n) is 5.22. The number of imidazole rings is 1. The maximum Gasteiger partial charge on any atom is 0.356 e. The highest BCUT2D eigenvalue weighted by Crippen LogP contribution is 2.19. The predicted molar refractivity (Wildman–Crippen MR) is 61.6 cm³/mol. The molecule has 0 saturated carbocycles. The van der Waals surface area contributed by atoms with Crippen LogP contribution in [0.1, 0.15) is 17.4 Å². The van der Waals surface area contributed by atoms with Crippen LogP contribution in [0.3, 0.4) is 0 Å². The highest BCUT2D eigenvalue weighted by atomic mass is 16.5. The monoisotopic (exact) mass is 232 g/mol. The molecule has 5 heteroatoms. The standard InChI is InChI=1S/C12H12N2O3/c1-2-17-12(16)10-7-13-11(14-10)8-3-5-9(15)6-4-8/h3-7,15H,2H2,1H3,(H,13,14). The zero-order chi connectivity index (χ0) is 12.3. The van der Waals surface area contributed by atoms with E-state index in [0.29, 0.717) is 18.1 Å². The van der Waals surface area contributed by atoms with Crippen LogP contribution in [-0.4, -0.2) is 27.7 Å². The number of hydrogen-bond acceptors (Lipinski definition) is 4. The minimum atomic E-state index is -0.426. The highest BCUT2D eigenvalue weighted by molar-refractivity contribution is 5.87. The van der Waals surface area contributed by atoms with Crippen LogP contribution < -0.4 is 0 Å². The Balaban J connectivity index is 2.23. The van der Waals surface area contributed by atoms with Crippen molar-refractivity contribution in [2.75, 3.05) is 6.61 Å². The maximum absolute atomic E-state index is 11.4. The van der Waals surface area contributed by atoms with Gasteiger partial charge in [-0.05, 0) is 31.2 Å². The third-order valence-corrected chi connectivity index (χ3v) is 2.21. The smallest absolute Gasteiger partial charge is 0.356 e. The molecule has 0 unspecified atom stereocenters. The van der Waals surface area contributed by atoms with Gasteiger partial charge in [-0.1, -0.05) is 0 Å². The fourth-order valence-electron chi connectivity index (χ4n) is 1.40. The first-order chi connectivity index (χ1) is 8.20. The van der Waals surface area contributed by atoms with Crippen molar-refractivity contribution in [3.05, 3.63) is 36.2 Å². The largest absolute Gasteiger partial charge is 0.508 e. The van der Waals surface area contributed by atoms with Gasteiger partial charge in [0, 0.05) is 5.56 Å². The minimum Gasteiger partial charge on any atom is -0.508 e. The van der Waals surface area contributed by atoms with Gasteiger partial charge in [0.25, 0.3) is 0 Å². The molecule has 0 atom stereocenters. The van der Waals surface area contributed by atoms with Crippen molar-refractivity contribution in [1.29, 1.82) is 0 Å². The SMILES string of the molecule is CCOC(=O)c1cnc(-c2ccc(O)cc2)[nH]1. The van der Waals surface area contributed by atoms with Gasteiger partial charge in [-0.2, -0.15) is 0 Å². The van der Waals surface area contributed by atoms with Crippen LogP contribution in [0.25, 0.3) is 11.4 Å². The summed E-state index contributed by atoms with van der Waals surface area (Å²) >= 11 is 0. The number of aromatic amines is 1. The predicted octanol–water partition coefficient (Wildman–Crippen LogP) is 1.96. The van der Waals surface area contributed by atoms with Gasteiger partial charge in [0.2, 0.25) is 0 Å². The fourth-order valence-corrected chi connectivity index (χ4v) is 1.40. The first-order valence-corrected chi connectivity index (χ1v) is 5.22. The molecule has 0 amide bonds. The molecule has 1 aromatic heterocycles. The Hall–Kier alpha value is -2.30. The van der Waals surface area contributed by atoms with Crippen LogP contribution in [0.2, 0.25) is 0 Å². The molecule has 2 rings (SSSR count). The number of aromatic nitrogens is 2. The van der Waals surface area contributed by atoms with Gasteiger partial charge in [-0.3, -0.25) is 0 Å². The number of hydrogen-bond donors (Lipinski definition) is 2. The zero-order valence-electron chi connectivity index (χ0n) is 9.30. The summed E-state index contributed by atoms with van der Waals surface area (Å²) in [4.78, 5) is 18.4. The van der Waals surface area contributed by atoms with Crippen LogP contribution in [0.15, 0.2) is 30.5 Å². The molecule has 0 fully saturated rings. The summed E-state index contributed by atoms with van der Waals surface area (Å²) in [5, 5.41) is 9.16. The van der Waals surface area contributed by atoms with Crippen molar-refractivity contribution < 1.29 is 14.6 Å². The van der Waals surface area contributed by atoms with Gasteiger partial charge in [-0.25, -0.2) is 9.78 Å². The lowest BCUT2D eigenvalue weighted by molar-refractivity contribution is 0.0520. The summed E-state index contributed by atoms with van der Waals surface area (Å²) < 4.78 is 4.85. The van der Waals surface area contributed by atoms with Crippen molar-refractivity contribution in [2.24, 2.45) is 0 Å². The second kappa shape index (κ2) is 4.69. The van der Waals surface area contributed by atoms with Crippen LogP contribution in [-0.2, 0) is 4.74 Å². The maximum atomic E-state index is 11.4. The third-order valence-electron chi connectivity index (χ3n) is 2.21. The highest BCUT2D eigenvalue weighted by Gasteiger charge is 2.11. The first kappa shape index (κ1) is 11.2. The van der Waals surface area contributed by atoms with E-state index in [-0.39, 0.29) is 5.75 Å². The Morgan fingerprint density at radius 1 is 1.41 bits per heavy atom. The molecule has 0 aliphatic rings. The number of nitrogens with one attached hydrogen (secondary N) is 1. The summed E-state index contributed by atoms with van der Waals surface area (Å²) in [5.74, 6) is 0.323. The van der Waals surface area contributed by atoms with E-state index in [1.165, 1.54) is 6.20 Å². The second-order valence-electron chi connectivity index (χ2n) is 3.41. The molecule has 5 nitrogen and oxygen atoms in total. The van der Waals surface area contributed by atoms with Crippen molar-refractivity contribution in [3.8, 4) is 17.1 Å². The van der Waals surface area contributed by atoms with Gasteiger partial charge in [0.1, 0.15) is 17.3 Å².